The summed E-state index contributed by atoms with van der Waals surface area (Å²) in [6.45, 7) is 7.83. The van der Waals surface area contributed by atoms with Crippen molar-refractivity contribution in [3.05, 3.63) is 29.5 Å². The van der Waals surface area contributed by atoms with E-state index in [-0.39, 0.29) is 5.54 Å². The Labute approximate surface area is 148 Å². The second-order valence-corrected chi connectivity index (χ2v) is 7.16. The Morgan fingerprint density at radius 1 is 1.08 bits per heavy atom. The van der Waals surface area contributed by atoms with Gasteiger partial charge in [-0.2, -0.15) is 10.1 Å². The van der Waals surface area contributed by atoms with Gasteiger partial charge in [0.25, 0.3) is 0 Å². The number of hydrogen-bond acceptors (Lipinski definition) is 7. The number of rotatable bonds is 4. The number of benzene rings is 1. The topological polar surface area (TPSA) is 72.4 Å². The standard InChI is InChI=1S/C18H25N5O2/c1-18(2,3)21-17-20-16(10-19-22-17)23-7-6-12-8-14(24-4)15(25-5)9-13(12)11-23/h8-10H,6-7,11H2,1-5H3,(H,20,21,22). The summed E-state index contributed by atoms with van der Waals surface area (Å²) >= 11 is 0. The minimum atomic E-state index is -0.112. The van der Waals surface area contributed by atoms with Crippen molar-refractivity contribution >= 4 is 11.8 Å². The Morgan fingerprint density at radius 2 is 1.76 bits per heavy atom. The first-order valence-electron chi connectivity index (χ1n) is 8.36. The van der Waals surface area contributed by atoms with Crippen molar-refractivity contribution < 1.29 is 9.47 Å². The van der Waals surface area contributed by atoms with E-state index in [0.29, 0.717) is 5.95 Å². The summed E-state index contributed by atoms with van der Waals surface area (Å²) in [6.07, 6.45) is 2.63. The number of methoxy groups -OCH3 is 2. The molecular weight excluding hydrogens is 318 g/mol. The maximum atomic E-state index is 5.43. The number of fused-ring (bicyclic) bond motifs is 1. The molecule has 0 aliphatic carbocycles. The van der Waals surface area contributed by atoms with Crippen LogP contribution >= 0.6 is 0 Å². The van der Waals surface area contributed by atoms with Crippen LogP contribution in [-0.2, 0) is 13.0 Å². The summed E-state index contributed by atoms with van der Waals surface area (Å²) in [5, 5.41) is 11.4. The van der Waals surface area contributed by atoms with Crippen LogP contribution < -0.4 is 19.7 Å². The fraction of sp³-hybridized carbons (Fsp3) is 0.500. The van der Waals surface area contributed by atoms with Gasteiger partial charge in [-0.05, 0) is 50.5 Å². The molecule has 1 aromatic carbocycles. The third kappa shape index (κ3) is 3.92. The lowest BCUT2D eigenvalue weighted by molar-refractivity contribution is 0.353. The molecule has 1 aliphatic rings. The lowest BCUT2D eigenvalue weighted by atomic mass is 9.99. The molecule has 3 rings (SSSR count). The van der Waals surface area contributed by atoms with Crippen molar-refractivity contribution in [2.75, 3.05) is 31.0 Å². The van der Waals surface area contributed by atoms with Crippen LogP contribution in [0.25, 0.3) is 0 Å². The molecule has 1 aliphatic heterocycles. The quantitative estimate of drug-likeness (QED) is 0.915. The van der Waals surface area contributed by atoms with E-state index in [4.69, 9.17) is 9.47 Å². The van der Waals surface area contributed by atoms with Crippen LogP contribution in [0.15, 0.2) is 18.3 Å². The monoisotopic (exact) mass is 343 g/mol. The average molecular weight is 343 g/mol. The molecule has 0 saturated heterocycles. The fourth-order valence-corrected chi connectivity index (χ4v) is 2.91. The SMILES string of the molecule is COc1cc2c(cc1OC)CN(c1cnnc(NC(C)(C)C)n1)CC2. The summed E-state index contributed by atoms with van der Waals surface area (Å²) in [6, 6.07) is 4.11. The molecule has 2 heterocycles. The summed E-state index contributed by atoms with van der Waals surface area (Å²) in [5.74, 6) is 2.89. The van der Waals surface area contributed by atoms with E-state index >= 15 is 0 Å². The van der Waals surface area contributed by atoms with E-state index in [0.717, 1.165) is 36.8 Å². The van der Waals surface area contributed by atoms with Gasteiger partial charge >= 0.3 is 0 Å². The van der Waals surface area contributed by atoms with Gasteiger partial charge in [0, 0.05) is 18.6 Å². The smallest absolute Gasteiger partial charge is 0.245 e. The predicted octanol–water partition coefficient (Wildman–Crippen LogP) is 2.66. The third-order valence-corrected chi connectivity index (χ3v) is 4.07. The Hall–Kier alpha value is -2.57. The van der Waals surface area contributed by atoms with E-state index in [1.807, 2.05) is 6.07 Å². The highest BCUT2D eigenvalue weighted by molar-refractivity contribution is 5.52. The minimum Gasteiger partial charge on any atom is -0.493 e. The molecule has 0 saturated carbocycles. The zero-order chi connectivity index (χ0) is 18.0. The molecule has 0 amide bonds. The fourth-order valence-electron chi connectivity index (χ4n) is 2.91. The normalized spacial score (nSPS) is 14.0. The Morgan fingerprint density at radius 3 is 2.40 bits per heavy atom. The molecule has 1 N–H and O–H groups in total. The molecule has 2 aromatic rings. The zero-order valence-electron chi connectivity index (χ0n) is 15.5. The number of nitrogens with zero attached hydrogens (tertiary/aromatic N) is 4. The second-order valence-electron chi connectivity index (χ2n) is 7.16. The average Bonchev–Trinajstić information content (AvgIpc) is 2.58. The first kappa shape index (κ1) is 17.3. The minimum absolute atomic E-state index is 0.112. The highest BCUT2D eigenvalue weighted by atomic mass is 16.5. The van der Waals surface area contributed by atoms with Gasteiger partial charge in [0.1, 0.15) is 0 Å². The molecule has 0 radical (unpaired) electrons. The molecule has 0 atom stereocenters. The number of aromatic nitrogens is 3. The summed E-state index contributed by atoms with van der Waals surface area (Å²) in [4.78, 5) is 6.82. The first-order chi connectivity index (χ1) is 11.9. The molecule has 134 valence electrons. The van der Waals surface area contributed by atoms with Gasteiger partial charge in [0.05, 0.1) is 20.4 Å². The molecule has 0 spiro atoms. The lowest BCUT2D eigenvalue weighted by Crippen LogP contribution is -2.32. The predicted molar refractivity (Wildman–Crippen MR) is 97.5 cm³/mol. The highest BCUT2D eigenvalue weighted by Gasteiger charge is 2.21. The van der Waals surface area contributed by atoms with E-state index in [1.54, 1.807) is 20.4 Å². The van der Waals surface area contributed by atoms with Crippen molar-refractivity contribution in [1.82, 2.24) is 15.2 Å². The van der Waals surface area contributed by atoms with Crippen LogP contribution in [-0.4, -0.2) is 41.5 Å². The molecule has 0 fully saturated rings. The number of ether oxygens (including phenoxy) is 2. The molecule has 0 unspecified atom stereocenters. The van der Waals surface area contributed by atoms with Crippen molar-refractivity contribution in [2.45, 2.75) is 39.3 Å². The van der Waals surface area contributed by atoms with Gasteiger partial charge in [0.2, 0.25) is 5.95 Å². The van der Waals surface area contributed by atoms with Crippen molar-refractivity contribution in [3.8, 4) is 11.5 Å². The van der Waals surface area contributed by atoms with E-state index in [9.17, 15) is 0 Å². The Bertz CT molecular complexity index is 758. The Kier molecular flexibility index (Phi) is 4.65. The second kappa shape index (κ2) is 6.74. The van der Waals surface area contributed by atoms with E-state index in [2.05, 4.69) is 52.2 Å². The van der Waals surface area contributed by atoms with Crippen LogP contribution in [0.2, 0.25) is 0 Å². The summed E-state index contributed by atoms with van der Waals surface area (Å²) < 4.78 is 10.8. The van der Waals surface area contributed by atoms with Crippen LogP contribution in [0.5, 0.6) is 11.5 Å². The van der Waals surface area contributed by atoms with Gasteiger partial charge in [-0.3, -0.25) is 0 Å². The number of anilines is 2. The summed E-state index contributed by atoms with van der Waals surface area (Å²) in [5.41, 5.74) is 2.38. The van der Waals surface area contributed by atoms with Gasteiger partial charge in [-0.15, -0.1) is 5.10 Å². The lowest BCUT2D eigenvalue weighted by Gasteiger charge is -2.30. The van der Waals surface area contributed by atoms with Crippen molar-refractivity contribution in [2.24, 2.45) is 0 Å². The third-order valence-electron chi connectivity index (χ3n) is 4.07. The molecular formula is C18H25N5O2. The molecule has 7 nitrogen and oxygen atoms in total. The number of nitrogens with one attached hydrogen (secondary N) is 1. The highest BCUT2D eigenvalue weighted by Crippen LogP contribution is 2.34. The maximum Gasteiger partial charge on any atom is 0.245 e. The van der Waals surface area contributed by atoms with Crippen molar-refractivity contribution in [3.63, 3.8) is 0 Å². The first-order valence-corrected chi connectivity index (χ1v) is 8.36. The van der Waals surface area contributed by atoms with Gasteiger partial charge in [-0.1, -0.05) is 0 Å². The summed E-state index contributed by atoms with van der Waals surface area (Å²) in [7, 11) is 3.32. The van der Waals surface area contributed by atoms with Gasteiger partial charge in [-0.25, -0.2) is 0 Å². The zero-order valence-corrected chi connectivity index (χ0v) is 15.5. The molecule has 25 heavy (non-hydrogen) atoms. The van der Waals surface area contributed by atoms with Crippen LogP contribution in [0.4, 0.5) is 11.8 Å². The van der Waals surface area contributed by atoms with Gasteiger partial charge in [0.15, 0.2) is 17.3 Å². The van der Waals surface area contributed by atoms with Crippen LogP contribution in [0, 0.1) is 0 Å². The van der Waals surface area contributed by atoms with Crippen LogP contribution in [0.1, 0.15) is 31.9 Å². The Balaban J connectivity index is 1.84. The van der Waals surface area contributed by atoms with Crippen molar-refractivity contribution in [1.29, 1.82) is 0 Å². The van der Waals surface area contributed by atoms with Gasteiger partial charge < -0.3 is 19.7 Å². The van der Waals surface area contributed by atoms with Crippen LogP contribution in [0.3, 0.4) is 0 Å². The maximum absolute atomic E-state index is 5.43. The molecule has 0 bridgehead atoms. The van der Waals surface area contributed by atoms with E-state index < -0.39 is 0 Å². The molecule has 1 aromatic heterocycles. The molecule has 7 heteroatoms. The largest absolute Gasteiger partial charge is 0.493 e. The number of hydrogen-bond donors (Lipinski definition) is 1. The van der Waals surface area contributed by atoms with E-state index in [1.165, 1.54) is 11.1 Å².